The third-order valence-corrected chi connectivity index (χ3v) is 1.93. The van der Waals surface area contributed by atoms with Crippen molar-refractivity contribution in [3.05, 3.63) is 12.7 Å². The second-order valence-electron chi connectivity index (χ2n) is 3.53. The Labute approximate surface area is 73.0 Å². The molecule has 0 aromatic heterocycles. The Hall–Kier alpha value is -0.380. The first kappa shape index (κ1) is 9.71. The second-order valence-corrected chi connectivity index (χ2v) is 3.53. The minimum Gasteiger partial charge on any atom is -0.386 e. The Kier molecular flexibility index (Phi) is 2.56. The molecule has 3 nitrogen and oxygen atoms in total. The van der Waals surface area contributed by atoms with E-state index in [1.54, 1.807) is 0 Å². The molecule has 1 heterocycles. The van der Waals surface area contributed by atoms with Crippen molar-refractivity contribution >= 4 is 0 Å². The minimum absolute atomic E-state index is 0.0898. The van der Waals surface area contributed by atoms with Gasteiger partial charge in [0.1, 0.15) is 12.2 Å². The molecular formula is C9H16O3. The zero-order valence-electron chi connectivity index (χ0n) is 7.78. The van der Waals surface area contributed by atoms with Crippen LogP contribution in [-0.4, -0.2) is 29.2 Å². The molecule has 1 fully saturated rings. The zero-order valence-corrected chi connectivity index (χ0v) is 7.78. The standard InChI is InChI=1S/C9H16O3/c1-5-7(10)8-6(2)11-9(3,4)12-8/h5-8,10H,1H2,2-4H3/t6-,7-,8+/m0/s1. The molecule has 1 N–H and O–H groups in total. The molecule has 70 valence electrons. The summed E-state index contributed by atoms with van der Waals surface area (Å²) in [6, 6.07) is 0. The Morgan fingerprint density at radius 2 is 2.08 bits per heavy atom. The van der Waals surface area contributed by atoms with Gasteiger partial charge in [0, 0.05) is 0 Å². The van der Waals surface area contributed by atoms with Gasteiger partial charge in [-0.1, -0.05) is 6.08 Å². The van der Waals surface area contributed by atoms with Crippen molar-refractivity contribution < 1.29 is 14.6 Å². The van der Waals surface area contributed by atoms with Crippen molar-refractivity contribution in [2.75, 3.05) is 0 Å². The summed E-state index contributed by atoms with van der Waals surface area (Å²) in [7, 11) is 0. The molecule has 12 heavy (non-hydrogen) atoms. The molecule has 0 aromatic rings. The highest BCUT2D eigenvalue weighted by Crippen LogP contribution is 2.29. The average Bonchev–Trinajstić information content (AvgIpc) is 2.23. The van der Waals surface area contributed by atoms with Crippen molar-refractivity contribution in [3.8, 4) is 0 Å². The first-order valence-corrected chi connectivity index (χ1v) is 4.12. The summed E-state index contributed by atoms with van der Waals surface area (Å²) in [5.74, 6) is -0.589. The predicted molar refractivity (Wildman–Crippen MR) is 45.7 cm³/mol. The Balaban J connectivity index is 2.63. The van der Waals surface area contributed by atoms with Crippen molar-refractivity contribution in [1.82, 2.24) is 0 Å². The van der Waals surface area contributed by atoms with Crippen molar-refractivity contribution in [3.63, 3.8) is 0 Å². The van der Waals surface area contributed by atoms with E-state index >= 15 is 0 Å². The summed E-state index contributed by atoms with van der Waals surface area (Å²) < 4.78 is 10.9. The van der Waals surface area contributed by atoms with Gasteiger partial charge in [0.2, 0.25) is 0 Å². The van der Waals surface area contributed by atoms with E-state index in [1.807, 2.05) is 20.8 Å². The molecule has 1 rings (SSSR count). The maximum absolute atomic E-state index is 9.44. The smallest absolute Gasteiger partial charge is 0.163 e. The summed E-state index contributed by atoms with van der Waals surface area (Å²) in [5.41, 5.74) is 0. The van der Waals surface area contributed by atoms with Crippen molar-refractivity contribution in [2.24, 2.45) is 0 Å². The van der Waals surface area contributed by atoms with Gasteiger partial charge in [-0.05, 0) is 20.8 Å². The normalized spacial score (nSPS) is 36.3. The SMILES string of the molecule is C=C[C@H](O)[C@@H]1OC(C)(C)O[C@H]1C. The number of hydrogen-bond donors (Lipinski definition) is 1. The van der Waals surface area contributed by atoms with Gasteiger partial charge >= 0.3 is 0 Å². The van der Waals surface area contributed by atoms with E-state index in [-0.39, 0.29) is 12.2 Å². The molecule has 0 amide bonds. The lowest BCUT2D eigenvalue weighted by Crippen LogP contribution is -2.32. The van der Waals surface area contributed by atoms with Crippen LogP contribution in [0.4, 0.5) is 0 Å². The lowest BCUT2D eigenvalue weighted by atomic mass is 10.1. The molecule has 1 aliphatic rings. The fraction of sp³-hybridized carbons (Fsp3) is 0.778. The summed E-state index contributed by atoms with van der Waals surface area (Å²) >= 11 is 0. The largest absolute Gasteiger partial charge is 0.386 e. The molecule has 0 aliphatic carbocycles. The van der Waals surface area contributed by atoms with E-state index in [0.29, 0.717) is 0 Å². The van der Waals surface area contributed by atoms with Crippen LogP contribution < -0.4 is 0 Å². The topological polar surface area (TPSA) is 38.7 Å². The van der Waals surface area contributed by atoms with Gasteiger partial charge in [-0.2, -0.15) is 0 Å². The van der Waals surface area contributed by atoms with Crippen LogP contribution in [0.15, 0.2) is 12.7 Å². The summed E-state index contributed by atoms with van der Waals surface area (Å²) in [4.78, 5) is 0. The van der Waals surface area contributed by atoms with Crippen LogP contribution in [-0.2, 0) is 9.47 Å². The van der Waals surface area contributed by atoms with Crippen molar-refractivity contribution in [2.45, 2.75) is 44.9 Å². The molecule has 0 aromatic carbocycles. The van der Waals surface area contributed by atoms with E-state index < -0.39 is 11.9 Å². The van der Waals surface area contributed by atoms with Gasteiger partial charge < -0.3 is 14.6 Å². The second kappa shape index (κ2) is 3.17. The Morgan fingerprint density at radius 1 is 1.50 bits per heavy atom. The highest BCUT2D eigenvalue weighted by molar-refractivity contribution is 4.92. The summed E-state index contributed by atoms with van der Waals surface area (Å²) in [6.45, 7) is 9.05. The first-order chi connectivity index (χ1) is 5.46. The zero-order chi connectivity index (χ0) is 9.35. The lowest BCUT2D eigenvalue weighted by Gasteiger charge is -2.18. The van der Waals surface area contributed by atoms with E-state index in [0.717, 1.165) is 0 Å². The monoisotopic (exact) mass is 172 g/mol. The maximum atomic E-state index is 9.44. The number of rotatable bonds is 2. The summed E-state index contributed by atoms with van der Waals surface area (Å²) in [5, 5.41) is 9.44. The third-order valence-electron chi connectivity index (χ3n) is 1.93. The molecular weight excluding hydrogens is 156 g/mol. The van der Waals surface area contributed by atoms with E-state index in [2.05, 4.69) is 6.58 Å². The van der Waals surface area contributed by atoms with Gasteiger partial charge in [-0.15, -0.1) is 6.58 Å². The molecule has 0 radical (unpaired) electrons. The minimum atomic E-state index is -0.651. The Morgan fingerprint density at radius 3 is 2.42 bits per heavy atom. The Bertz CT molecular complexity index is 177. The molecule has 1 saturated heterocycles. The average molecular weight is 172 g/mol. The molecule has 0 spiro atoms. The number of aliphatic hydroxyl groups is 1. The van der Waals surface area contributed by atoms with Crippen LogP contribution in [0.2, 0.25) is 0 Å². The van der Waals surface area contributed by atoms with Gasteiger partial charge in [0.25, 0.3) is 0 Å². The van der Waals surface area contributed by atoms with Gasteiger partial charge in [-0.3, -0.25) is 0 Å². The fourth-order valence-corrected chi connectivity index (χ4v) is 1.45. The highest BCUT2D eigenvalue weighted by Gasteiger charge is 2.41. The number of aliphatic hydroxyl groups excluding tert-OH is 1. The molecule has 0 unspecified atom stereocenters. The summed E-state index contributed by atoms with van der Waals surface area (Å²) in [6.07, 6.45) is 0.429. The number of ether oxygens (including phenoxy) is 2. The van der Waals surface area contributed by atoms with Crippen LogP contribution in [0.25, 0.3) is 0 Å². The van der Waals surface area contributed by atoms with Gasteiger partial charge in [0.15, 0.2) is 5.79 Å². The van der Waals surface area contributed by atoms with E-state index in [4.69, 9.17) is 9.47 Å². The molecule has 0 saturated carbocycles. The molecule has 1 aliphatic heterocycles. The fourth-order valence-electron chi connectivity index (χ4n) is 1.45. The van der Waals surface area contributed by atoms with E-state index in [1.165, 1.54) is 6.08 Å². The number of hydrogen-bond acceptors (Lipinski definition) is 3. The molecule has 3 atom stereocenters. The van der Waals surface area contributed by atoms with Crippen LogP contribution >= 0.6 is 0 Å². The van der Waals surface area contributed by atoms with Crippen LogP contribution in [0.1, 0.15) is 20.8 Å². The molecule has 3 heteroatoms. The lowest BCUT2D eigenvalue weighted by molar-refractivity contribution is -0.151. The third kappa shape index (κ3) is 1.86. The maximum Gasteiger partial charge on any atom is 0.163 e. The van der Waals surface area contributed by atoms with Crippen LogP contribution in [0.3, 0.4) is 0 Å². The van der Waals surface area contributed by atoms with Gasteiger partial charge in [0.05, 0.1) is 6.10 Å². The van der Waals surface area contributed by atoms with Crippen LogP contribution in [0, 0.1) is 0 Å². The van der Waals surface area contributed by atoms with Gasteiger partial charge in [-0.25, -0.2) is 0 Å². The highest BCUT2D eigenvalue weighted by atomic mass is 16.8. The van der Waals surface area contributed by atoms with Crippen molar-refractivity contribution in [1.29, 1.82) is 0 Å². The quantitative estimate of drug-likeness (QED) is 0.633. The predicted octanol–water partition coefficient (Wildman–Crippen LogP) is 1.07. The molecule has 0 bridgehead atoms. The van der Waals surface area contributed by atoms with E-state index in [9.17, 15) is 5.11 Å². The first-order valence-electron chi connectivity index (χ1n) is 4.12. The van der Waals surface area contributed by atoms with Crippen LogP contribution in [0.5, 0.6) is 0 Å².